The van der Waals surface area contributed by atoms with Crippen molar-refractivity contribution in [1.29, 1.82) is 0 Å². The van der Waals surface area contributed by atoms with Crippen molar-refractivity contribution in [3.05, 3.63) is 158 Å². The molecule has 1 aliphatic heterocycles. The molecular formula is C45H32N2O2Si. The summed E-state index contributed by atoms with van der Waals surface area (Å²) >= 11 is 0. The highest BCUT2D eigenvalue weighted by atomic mass is 28.3. The third-order valence-electron chi connectivity index (χ3n) is 10.3. The minimum atomic E-state index is -1.92. The molecule has 0 spiro atoms. The largest absolute Gasteiger partial charge is 0.454 e. The zero-order valence-electron chi connectivity index (χ0n) is 27.7. The van der Waals surface area contributed by atoms with Crippen LogP contribution in [0.2, 0.25) is 13.1 Å². The summed E-state index contributed by atoms with van der Waals surface area (Å²) in [6.07, 6.45) is 0. The predicted molar refractivity (Wildman–Crippen MR) is 209 cm³/mol. The van der Waals surface area contributed by atoms with Gasteiger partial charge in [0.15, 0.2) is 11.2 Å². The molecule has 0 saturated carbocycles. The van der Waals surface area contributed by atoms with Gasteiger partial charge in [-0.1, -0.05) is 116 Å². The average molecular weight is 661 g/mol. The molecule has 0 saturated heterocycles. The molecule has 1 aliphatic rings. The number of fused-ring (bicyclic) bond motifs is 7. The van der Waals surface area contributed by atoms with Crippen molar-refractivity contribution in [3.8, 4) is 33.7 Å². The Bertz CT molecular complexity index is 2710. The molecule has 0 unspecified atom stereocenters. The Balaban J connectivity index is 1.19. The van der Waals surface area contributed by atoms with Crippen molar-refractivity contribution < 1.29 is 8.83 Å². The SMILES string of the molecule is C[Si]1(C)c2ccccc2-c2ccc(N(c3ccc(-c4ccccc4)cc3)c3cccc4c3oc3cccc(-c5nc6ccccc6o5)c34)cc21. The Labute approximate surface area is 290 Å². The number of benzene rings is 7. The van der Waals surface area contributed by atoms with Crippen LogP contribution in [0.25, 0.3) is 66.7 Å². The molecule has 2 aromatic heterocycles. The summed E-state index contributed by atoms with van der Waals surface area (Å²) in [4.78, 5) is 7.21. The van der Waals surface area contributed by atoms with Crippen LogP contribution in [-0.2, 0) is 0 Å². The number of nitrogens with zero attached hydrogens (tertiary/aromatic N) is 2. The number of aromatic nitrogens is 1. The molecular weight excluding hydrogens is 629 g/mol. The van der Waals surface area contributed by atoms with E-state index in [2.05, 4.69) is 139 Å². The molecule has 0 aliphatic carbocycles. The molecule has 0 bridgehead atoms. The van der Waals surface area contributed by atoms with Gasteiger partial charge in [0.25, 0.3) is 0 Å². The fourth-order valence-corrected chi connectivity index (χ4v) is 11.0. The minimum Gasteiger partial charge on any atom is -0.454 e. The van der Waals surface area contributed by atoms with Gasteiger partial charge in [-0.25, -0.2) is 4.98 Å². The lowest BCUT2D eigenvalue weighted by Gasteiger charge is -2.27. The second-order valence-electron chi connectivity index (χ2n) is 13.6. The van der Waals surface area contributed by atoms with Crippen molar-refractivity contribution >= 4 is 68.5 Å². The van der Waals surface area contributed by atoms with E-state index in [1.54, 1.807) is 0 Å². The van der Waals surface area contributed by atoms with E-state index in [0.717, 1.165) is 55.7 Å². The first-order valence-corrected chi connectivity index (χ1v) is 20.0. The van der Waals surface area contributed by atoms with Crippen LogP contribution in [0, 0.1) is 0 Å². The number of furan rings is 1. The molecule has 5 heteroatoms. The van der Waals surface area contributed by atoms with Gasteiger partial charge >= 0.3 is 0 Å². The van der Waals surface area contributed by atoms with Gasteiger partial charge in [0.1, 0.15) is 19.2 Å². The molecule has 0 N–H and O–H groups in total. The maximum Gasteiger partial charge on any atom is 0.228 e. The Kier molecular flexibility index (Phi) is 6.29. The van der Waals surface area contributed by atoms with E-state index in [1.807, 2.05) is 36.4 Å². The molecule has 9 aromatic rings. The van der Waals surface area contributed by atoms with Gasteiger partial charge in [-0.2, -0.15) is 0 Å². The molecule has 3 heterocycles. The molecule has 4 nitrogen and oxygen atoms in total. The van der Waals surface area contributed by atoms with Gasteiger partial charge in [0.05, 0.1) is 5.69 Å². The maximum atomic E-state index is 6.82. The van der Waals surface area contributed by atoms with E-state index in [-0.39, 0.29) is 0 Å². The highest BCUT2D eigenvalue weighted by Gasteiger charge is 2.37. The van der Waals surface area contributed by atoms with Crippen LogP contribution in [0.15, 0.2) is 167 Å². The van der Waals surface area contributed by atoms with Crippen LogP contribution in [0.5, 0.6) is 0 Å². The first-order chi connectivity index (χ1) is 24.5. The Morgan fingerprint density at radius 1 is 0.520 bits per heavy atom. The third kappa shape index (κ3) is 4.33. The number of para-hydroxylation sites is 3. The fraction of sp³-hybridized carbons (Fsp3) is 0.0444. The molecule has 0 amide bonds. The van der Waals surface area contributed by atoms with Crippen LogP contribution >= 0.6 is 0 Å². The Morgan fingerprint density at radius 2 is 1.20 bits per heavy atom. The molecule has 0 atom stereocenters. The van der Waals surface area contributed by atoms with Crippen LogP contribution in [-0.4, -0.2) is 13.1 Å². The monoisotopic (exact) mass is 660 g/mol. The van der Waals surface area contributed by atoms with Crippen molar-refractivity contribution in [2.24, 2.45) is 0 Å². The van der Waals surface area contributed by atoms with Crippen LogP contribution < -0.4 is 15.3 Å². The summed E-state index contributed by atoms with van der Waals surface area (Å²) in [6, 6.07) is 55.8. The lowest BCUT2D eigenvalue weighted by Crippen LogP contribution is -2.49. The second-order valence-corrected chi connectivity index (χ2v) is 17.9. The zero-order valence-corrected chi connectivity index (χ0v) is 28.7. The maximum absolute atomic E-state index is 6.82. The molecule has 0 fully saturated rings. The predicted octanol–water partition coefficient (Wildman–Crippen LogP) is 11.3. The molecule has 10 rings (SSSR count). The summed E-state index contributed by atoms with van der Waals surface area (Å²) in [5.41, 5.74) is 12.4. The zero-order chi connectivity index (χ0) is 33.4. The second kappa shape index (κ2) is 10.9. The number of hydrogen-bond donors (Lipinski definition) is 0. The standard InChI is InChI=1S/C45H32N2O2Si/c1-50(2)41-21-9-6-14-33(41)34-27-26-32(28-42(34)50)47(31-24-22-30(23-25-31)29-12-4-3-5-13-29)38-18-10-15-35-43-36(16-11-20-40(43)48-44(35)38)45-46-37-17-7-8-19-39(37)49-45/h3-28H,1-2H3. The van der Waals surface area contributed by atoms with E-state index in [1.165, 1.54) is 32.6 Å². The van der Waals surface area contributed by atoms with Gasteiger partial charge in [-0.3, -0.25) is 0 Å². The average Bonchev–Trinajstić information content (AvgIpc) is 3.84. The van der Waals surface area contributed by atoms with Crippen LogP contribution in [0.3, 0.4) is 0 Å². The third-order valence-corrected chi connectivity index (χ3v) is 13.9. The van der Waals surface area contributed by atoms with E-state index in [0.29, 0.717) is 5.89 Å². The Morgan fingerprint density at radius 3 is 2.06 bits per heavy atom. The summed E-state index contributed by atoms with van der Waals surface area (Å²) in [7, 11) is -1.92. The summed E-state index contributed by atoms with van der Waals surface area (Å²) in [5.74, 6) is 0.587. The highest BCUT2D eigenvalue weighted by Crippen LogP contribution is 2.45. The topological polar surface area (TPSA) is 42.4 Å². The quantitative estimate of drug-likeness (QED) is 0.172. The number of rotatable bonds is 5. The Hall–Kier alpha value is -6.17. The highest BCUT2D eigenvalue weighted by molar-refractivity contribution is 7.03. The first-order valence-electron chi connectivity index (χ1n) is 17.0. The summed E-state index contributed by atoms with van der Waals surface area (Å²) in [5, 5.41) is 4.96. The van der Waals surface area contributed by atoms with Gasteiger partial charge in [0.2, 0.25) is 5.89 Å². The van der Waals surface area contributed by atoms with Gasteiger partial charge in [-0.05, 0) is 87.2 Å². The molecule has 238 valence electrons. The van der Waals surface area contributed by atoms with E-state index in [4.69, 9.17) is 13.8 Å². The van der Waals surface area contributed by atoms with Crippen molar-refractivity contribution in [2.75, 3.05) is 4.90 Å². The van der Waals surface area contributed by atoms with Gasteiger partial charge in [0, 0.05) is 27.7 Å². The summed E-state index contributed by atoms with van der Waals surface area (Å²) < 4.78 is 13.1. The van der Waals surface area contributed by atoms with Crippen molar-refractivity contribution in [3.63, 3.8) is 0 Å². The van der Waals surface area contributed by atoms with E-state index in [9.17, 15) is 0 Å². The van der Waals surface area contributed by atoms with Crippen LogP contribution in [0.4, 0.5) is 17.1 Å². The van der Waals surface area contributed by atoms with Crippen molar-refractivity contribution in [2.45, 2.75) is 13.1 Å². The normalized spacial score (nSPS) is 13.2. The number of hydrogen-bond acceptors (Lipinski definition) is 4. The smallest absolute Gasteiger partial charge is 0.228 e. The molecule has 50 heavy (non-hydrogen) atoms. The number of oxazole rings is 1. The van der Waals surface area contributed by atoms with Gasteiger partial charge in [-0.15, -0.1) is 0 Å². The minimum absolute atomic E-state index is 0.587. The van der Waals surface area contributed by atoms with Crippen LogP contribution in [0.1, 0.15) is 0 Å². The molecule has 7 aromatic carbocycles. The summed E-state index contributed by atoms with van der Waals surface area (Å²) in [6.45, 7) is 4.93. The fourth-order valence-electron chi connectivity index (χ4n) is 7.87. The first kappa shape index (κ1) is 28.8. The van der Waals surface area contributed by atoms with E-state index < -0.39 is 8.07 Å². The molecule has 0 radical (unpaired) electrons. The van der Waals surface area contributed by atoms with Crippen molar-refractivity contribution in [1.82, 2.24) is 4.98 Å². The number of anilines is 3. The lowest BCUT2D eigenvalue weighted by atomic mass is 10.0. The lowest BCUT2D eigenvalue weighted by molar-refractivity contribution is 0.620. The van der Waals surface area contributed by atoms with Gasteiger partial charge < -0.3 is 13.7 Å². The van der Waals surface area contributed by atoms with E-state index >= 15 is 0 Å².